The van der Waals surface area contributed by atoms with Gasteiger partial charge in [-0.1, -0.05) is 18.2 Å². The lowest BCUT2D eigenvalue weighted by Crippen LogP contribution is -2.54. The van der Waals surface area contributed by atoms with Gasteiger partial charge >= 0.3 is 0 Å². The highest BCUT2D eigenvalue weighted by Crippen LogP contribution is 2.23. The van der Waals surface area contributed by atoms with Crippen molar-refractivity contribution in [3.05, 3.63) is 48.0 Å². The number of carbonyl (C=O) groups excluding carboxylic acids is 1. The van der Waals surface area contributed by atoms with Crippen LogP contribution in [0.3, 0.4) is 0 Å². The Morgan fingerprint density at radius 1 is 1.19 bits per heavy atom. The van der Waals surface area contributed by atoms with Crippen molar-refractivity contribution in [3.63, 3.8) is 0 Å². The minimum Gasteiger partial charge on any atom is -0.365 e. The molecule has 0 aliphatic carbocycles. The van der Waals surface area contributed by atoms with E-state index in [1.54, 1.807) is 12.1 Å². The van der Waals surface area contributed by atoms with E-state index in [1.807, 2.05) is 11.0 Å². The molecule has 0 saturated carbocycles. The highest BCUT2D eigenvalue weighted by Gasteiger charge is 2.27. The van der Waals surface area contributed by atoms with E-state index in [4.69, 9.17) is 0 Å². The molecule has 0 bridgehead atoms. The number of aromatic nitrogens is 2. The minimum atomic E-state index is -3.77. The van der Waals surface area contributed by atoms with Crippen LogP contribution < -0.4 is 9.62 Å². The van der Waals surface area contributed by atoms with Crippen molar-refractivity contribution in [3.8, 4) is 0 Å². The molecule has 1 aliphatic rings. The molecule has 1 N–H and O–H groups in total. The number of fused-ring (bicyclic) bond motifs is 1. The van der Waals surface area contributed by atoms with Gasteiger partial charge in [-0.3, -0.25) is 4.79 Å². The number of sulfonamides is 1. The van der Waals surface area contributed by atoms with Crippen molar-refractivity contribution < 1.29 is 13.2 Å². The first-order valence-electron chi connectivity index (χ1n) is 10.2. The summed E-state index contributed by atoms with van der Waals surface area (Å²) in [5, 5.41) is 0. The second kappa shape index (κ2) is 8.89. The van der Waals surface area contributed by atoms with E-state index in [0.717, 1.165) is 24.0 Å². The quantitative estimate of drug-likeness (QED) is 0.608. The fourth-order valence-corrected chi connectivity index (χ4v) is 5.70. The average molecular weight is 460 g/mol. The molecule has 2 aromatic carbocycles. The Kier molecular flexibility index (Phi) is 6.22. The van der Waals surface area contributed by atoms with Crippen LogP contribution in [-0.2, 0) is 14.8 Å². The van der Waals surface area contributed by atoms with Crippen LogP contribution in [0.1, 0.15) is 18.9 Å². The fraction of sp³-hybridized carbons (Fsp3) is 0.381. The molecule has 1 unspecified atom stereocenters. The standard InChI is InChI=1S/C21H25N5O3S2/c1-15-5-3-6-17(13-15)26-12-11-25(14-16(26)2)20(27)9-10-22-31(28,29)19-8-4-7-18-21(19)24-30-23-18/h3-8,13,16,22H,9-12,14H2,1-2H3. The molecule has 1 fully saturated rings. The maximum atomic E-state index is 12.7. The van der Waals surface area contributed by atoms with Crippen LogP contribution in [0.2, 0.25) is 0 Å². The van der Waals surface area contributed by atoms with E-state index >= 15 is 0 Å². The first kappa shape index (κ1) is 21.7. The van der Waals surface area contributed by atoms with Crippen LogP contribution in [0.15, 0.2) is 47.4 Å². The molecular weight excluding hydrogens is 434 g/mol. The van der Waals surface area contributed by atoms with Gasteiger partial charge in [0.15, 0.2) is 0 Å². The Labute approximate surface area is 186 Å². The smallest absolute Gasteiger partial charge is 0.242 e. The van der Waals surface area contributed by atoms with Gasteiger partial charge in [0.25, 0.3) is 0 Å². The Bertz CT molecular complexity index is 1190. The number of benzene rings is 2. The zero-order chi connectivity index (χ0) is 22.0. The Balaban J connectivity index is 1.33. The summed E-state index contributed by atoms with van der Waals surface area (Å²) in [5.41, 5.74) is 3.27. The van der Waals surface area contributed by atoms with Crippen LogP contribution in [-0.4, -0.2) is 60.2 Å². The van der Waals surface area contributed by atoms with Crippen LogP contribution in [0.5, 0.6) is 0 Å². The van der Waals surface area contributed by atoms with Crippen molar-refractivity contribution in [1.29, 1.82) is 0 Å². The van der Waals surface area contributed by atoms with Gasteiger partial charge in [-0.2, -0.15) is 8.75 Å². The van der Waals surface area contributed by atoms with Crippen molar-refractivity contribution in [2.75, 3.05) is 31.1 Å². The van der Waals surface area contributed by atoms with Gasteiger partial charge in [-0.05, 0) is 43.7 Å². The molecule has 8 nitrogen and oxygen atoms in total. The number of rotatable bonds is 6. The number of carbonyl (C=O) groups is 1. The zero-order valence-corrected chi connectivity index (χ0v) is 19.1. The van der Waals surface area contributed by atoms with Crippen LogP contribution in [0.4, 0.5) is 5.69 Å². The molecule has 1 atom stereocenters. The number of hydrogen-bond acceptors (Lipinski definition) is 7. The molecule has 4 rings (SSSR count). The lowest BCUT2D eigenvalue weighted by atomic mass is 10.1. The molecule has 1 saturated heterocycles. The number of anilines is 1. The van der Waals surface area contributed by atoms with E-state index in [-0.39, 0.29) is 29.8 Å². The molecule has 3 aromatic rings. The average Bonchev–Trinajstić information content (AvgIpc) is 3.22. The third-order valence-corrected chi connectivity index (χ3v) is 7.52. The van der Waals surface area contributed by atoms with Gasteiger partial charge in [0, 0.05) is 44.3 Å². The van der Waals surface area contributed by atoms with E-state index in [2.05, 4.69) is 50.4 Å². The number of piperazine rings is 1. The van der Waals surface area contributed by atoms with Crippen molar-refractivity contribution in [2.24, 2.45) is 0 Å². The summed E-state index contributed by atoms with van der Waals surface area (Å²) >= 11 is 0.973. The van der Waals surface area contributed by atoms with Gasteiger partial charge < -0.3 is 9.80 Å². The summed E-state index contributed by atoms with van der Waals surface area (Å²) in [5.74, 6) is -0.0491. The summed E-state index contributed by atoms with van der Waals surface area (Å²) in [6.45, 7) is 6.20. The van der Waals surface area contributed by atoms with Crippen LogP contribution in [0, 0.1) is 6.92 Å². The predicted octanol–water partition coefficient (Wildman–Crippen LogP) is 2.41. The Hall–Kier alpha value is -2.56. The molecule has 0 spiro atoms. The highest BCUT2D eigenvalue weighted by atomic mass is 32.2. The number of amides is 1. The first-order valence-corrected chi connectivity index (χ1v) is 12.4. The maximum Gasteiger partial charge on any atom is 0.242 e. The molecule has 31 heavy (non-hydrogen) atoms. The second-order valence-electron chi connectivity index (χ2n) is 7.76. The minimum absolute atomic E-state index is 0.0432. The van der Waals surface area contributed by atoms with Crippen LogP contribution >= 0.6 is 11.7 Å². The van der Waals surface area contributed by atoms with E-state index in [0.29, 0.717) is 24.1 Å². The topological polar surface area (TPSA) is 95.5 Å². The number of hydrogen-bond donors (Lipinski definition) is 1. The highest BCUT2D eigenvalue weighted by molar-refractivity contribution is 7.89. The SMILES string of the molecule is Cc1cccc(N2CCN(C(=O)CCNS(=O)(=O)c3cccc4nsnc34)CC2C)c1. The van der Waals surface area contributed by atoms with Gasteiger partial charge in [-0.25, -0.2) is 13.1 Å². The van der Waals surface area contributed by atoms with E-state index in [9.17, 15) is 13.2 Å². The summed E-state index contributed by atoms with van der Waals surface area (Å²) in [4.78, 5) is 16.9. The summed E-state index contributed by atoms with van der Waals surface area (Å²) in [6.07, 6.45) is 0.113. The largest absolute Gasteiger partial charge is 0.365 e. The fourth-order valence-electron chi connectivity index (χ4n) is 3.90. The van der Waals surface area contributed by atoms with Gasteiger partial charge in [-0.15, -0.1) is 0 Å². The summed E-state index contributed by atoms with van der Waals surface area (Å²) in [6, 6.07) is 13.4. The third-order valence-electron chi connectivity index (χ3n) is 5.48. The molecule has 0 radical (unpaired) electrons. The van der Waals surface area contributed by atoms with Crippen molar-refractivity contribution >= 4 is 44.4 Å². The first-order chi connectivity index (χ1) is 14.8. The molecule has 1 aliphatic heterocycles. The number of nitrogens with one attached hydrogen (secondary N) is 1. The van der Waals surface area contributed by atoms with Crippen molar-refractivity contribution in [1.82, 2.24) is 18.4 Å². The molecular formula is C21H25N5O3S2. The maximum absolute atomic E-state index is 12.7. The molecule has 10 heteroatoms. The lowest BCUT2D eigenvalue weighted by Gasteiger charge is -2.41. The molecule has 1 amide bonds. The second-order valence-corrected chi connectivity index (χ2v) is 10.0. The van der Waals surface area contributed by atoms with E-state index < -0.39 is 10.0 Å². The summed E-state index contributed by atoms with van der Waals surface area (Å²) in [7, 11) is -3.77. The Morgan fingerprint density at radius 3 is 2.77 bits per heavy atom. The molecule has 1 aromatic heterocycles. The Morgan fingerprint density at radius 2 is 2.00 bits per heavy atom. The zero-order valence-electron chi connectivity index (χ0n) is 17.5. The van der Waals surface area contributed by atoms with E-state index in [1.165, 1.54) is 11.6 Å². The van der Waals surface area contributed by atoms with Crippen LogP contribution in [0.25, 0.3) is 11.0 Å². The molecule has 2 heterocycles. The number of nitrogens with zero attached hydrogens (tertiary/aromatic N) is 4. The van der Waals surface area contributed by atoms with Gasteiger partial charge in [0.1, 0.15) is 15.9 Å². The monoisotopic (exact) mass is 459 g/mol. The summed E-state index contributed by atoms with van der Waals surface area (Å²) < 4.78 is 36.0. The van der Waals surface area contributed by atoms with Gasteiger partial charge in [0.2, 0.25) is 15.9 Å². The number of aryl methyl sites for hydroxylation is 1. The van der Waals surface area contributed by atoms with Crippen molar-refractivity contribution in [2.45, 2.75) is 31.2 Å². The third kappa shape index (κ3) is 4.70. The normalized spacial score (nSPS) is 17.3. The molecule has 164 valence electrons. The van der Waals surface area contributed by atoms with Gasteiger partial charge in [0.05, 0.1) is 11.7 Å². The lowest BCUT2D eigenvalue weighted by molar-refractivity contribution is -0.131. The predicted molar refractivity (Wildman–Crippen MR) is 122 cm³/mol.